The number of alkyl halides is 2. The Labute approximate surface area is 151 Å². The Morgan fingerprint density at radius 3 is 2.81 bits per heavy atom. The summed E-state index contributed by atoms with van der Waals surface area (Å²) < 4.78 is 38.4. The van der Waals surface area contributed by atoms with Crippen LogP contribution in [0.15, 0.2) is 30.5 Å². The lowest BCUT2D eigenvalue weighted by atomic mass is 10.2. The Bertz CT molecular complexity index is 1060. The van der Waals surface area contributed by atoms with E-state index in [-0.39, 0.29) is 29.6 Å². The standard InChI is InChI=1S/C18H14F2N4O3/c19-16(20)13-6-12(9-1-2-9)23-17-11(7-21-24(13)17)18(25)22-10-3-4-14-15(5-10)27-8-26-14/h3-7,9,16H,1-2,8H2,(H,22,25). The van der Waals surface area contributed by atoms with Gasteiger partial charge in [0.15, 0.2) is 17.1 Å². The summed E-state index contributed by atoms with van der Waals surface area (Å²) in [6, 6.07) is 6.37. The van der Waals surface area contributed by atoms with Crippen molar-refractivity contribution in [2.45, 2.75) is 25.2 Å². The number of carbonyl (C=O) groups excluding carboxylic acids is 1. The number of rotatable bonds is 4. The minimum atomic E-state index is -2.71. The molecule has 2 aliphatic rings. The van der Waals surface area contributed by atoms with Crippen LogP contribution in [0.25, 0.3) is 5.65 Å². The highest BCUT2D eigenvalue weighted by molar-refractivity contribution is 6.08. The summed E-state index contributed by atoms with van der Waals surface area (Å²) in [6.45, 7) is 0.130. The van der Waals surface area contributed by atoms with Gasteiger partial charge in [0.1, 0.15) is 11.3 Å². The van der Waals surface area contributed by atoms with E-state index in [1.54, 1.807) is 18.2 Å². The number of aromatic nitrogens is 3. The van der Waals surface area contributed by atoms with Crippen LogP contribution in [-0.2, 0) is 0 Å². The predicted molar refractivity (Wildman–Crippen MR) is 90.4 cm³/mol. The van der Waals surface area contributed by atoms with Crippen molar-refractivity contribution in [3.05, 3.63) is 47.4 Å². The van der Waals surface area contributed by atoms with Gasteiger partial charge in [0, 0.05) is 23.4 Å². The molecular weight excluding hydrogens is 358 g/mol. The van der Waals surface area contributed by atoms with Crippen LogP contribution >= 0.6 is 0 Å². The smallest absolute Gasteiger partial charge is 0.280 e. The van der Waals surface area contributed by atoms with E-state index in [9.17, 15) is 13.6 Å². The number of benzene rings is 1. The molecule has 3 aromatic rings. The average Bonchev–Trinajstić information content (AvgIpc) is 3.24. The van der Waals surface area contributed by atoms with Gasteiger partial charge in [-0.25, -0.2) is 18.3 Å². The van der Waals surface area contributed by atoms with E-state index in [1.165, 1.54) is 12.3 Å². The van der Waals surface area contributed by atoms with Crippen LogP contribution in [0.1, 0.15) is 46.9 Å². The highest BCUT2D eigenvalue weighted by Crippen LogP contribution is 2.40. The fourth-order valence-corrected chi connectivity index (χ4v) is 3.08. The summed E-state index contributed by atoms with van der Waals surface area (Å²) in [7, 11) is 0. The number of nitrogens with one attached hydrogen (secondary N) is 1. The molecule has 27 heavy (non-hydrogen) atoms. The first-order chi connectivity index (χ1) is 13.1. The second kappa shape index (κ2) is 5.90. The SMILES string of the molecule is O=C(Nc1ccc2c(c1)OCO2)c1cnn2c(C(F)F)cc(C3CC3)nc12. The number of amides is 1. The van der Waals surface area contributed by atoms with Gasteiger partial charge in [-0.3, -0.25) is 4.79 Å². The first-order valence-corrected chi connectivity index (χ1v) is 8.48. The molecule has 3 heterocycles. The van der Waals surface area contributed by atoms with E-state index in [1.807, 2.05) is 0 Å². The highest BCUT2D eigenvalue weighted by atomic mass is 19.3. The normalized spacial score (nSPS) is 15.5. The number of hydrogen-bond acceptors (Lipinski definition) is 5. The van der Waals surface area contributed by atoms with Crippen LogP contribution < -0.4 is 14.8 Å². The van der Waals surface area contributed by atoms with Crippen LogP contribution in [0, 0.1) is 0 Å². The predicted octanol–water partition coefficient (Wildman–Crippen LogP) is 3.53. The Kier molecular flexibility index (Phi) is 3.49. The monoisotopic (exact) mass is 372 g/mol. The van der Waals surface area contributed by atoms with Crippen LogP contribution in [0.3, 0.4) is 0 Å². The van der Waals surface area contributed by atoms with Gasteiger partial charge in [-0.15, -0.1) is 0 Å². The zero-order valence-electron chi connectivity index (χ0n) is 14.0. The van der Waals surface area contributed by atoms with Gasteiger partial charge in [-0.1, -0.05) is 0 Å². The first-order valence-electron chi connectivity index (χ1n) is 8.48. The van der Waals surface area contributed by atoms with Crippen LogP contribution in [-0.4, -0.2) is 27.3 Å². The van der Waals surface area contributed by atoms with Gasteiger partial charge < -0.3 is 14.8 Å². The van der Waals surface area contributed by atoms with Crippen LogP contribution in [0.4, 0.5) is 14.5 Å². The molecule has 1 aliphatic heterocycles. The van der Waals surface area contributed by atoms with E-state index in [0.717, 1.165) is 17.4 Å². The van der Waals surface area contributed by atoms with E-state index in [2.05, 4.69) is 15.4 Å². The maximum absolute atomic E-state index is 13.4. The maximum Gasteiger partial charge on any atom is 0.280 e. The number of ether oxygens (including phenoxy) is 2. The van der Waals surface area contributed by atoms with Crippen molar-refractivity contribution in [1.82, 2.24) is 14.6 Å². The Morgan fingerprint density at radius 2 is 2.04 bits per heavy atom. The average molecular weight is 372 g/mol. The molecule has 1 aromatic carbocycles. The first kappa shape index (κ1) is 16.0. The summed E-state index contributed by atoms with van der Waals surface area (Å²) >= 11 is 0. The largest absolute Gasteiger partial charge is 0.454 e. The van der Waals surface area contributed by atoms with E-state index in [0.29, 0.717) is 22.9 Å². The Balaban J connectivity index is 1.51. The van der Waals surface area contributed by atoms with E-state index >= 15 is 0 Å². The minimum Gasteiger partial charge on any atom is -0.454 e. The van der Waals surface area contributed by atoms with E-state index < -0.39 is 12.3 Å². The quantitative estimate of drug-likeness (QED) is 0.758. The fraction of sp³-hybridized carbons (Fsp3) is 0.278. The number of fused-ring (bicyclic) bond motifs is 2. The van der Waals surface area contributed by atoms with Crippen molar-refractivity contribution >= 4 is 17.2 Å². The summed E-state index contributed by atoms with van der Waals surface area (Å²) in [6.07, 6.45) is 0.377. The number of nitrogens with zero attached hydrogens (tertiary/aromatic N) is 3. The Hall–Kier alpha value is -3.23. The maximum atomic E-state index is 13.4. The minimum absolute atomic E-state index is 0.130. The Morgan fingerprint density at radius 1 is 1.22 bits per heavy atom. The van der Waals surface area contributed by atoms with Crippen LogP contribution in [0.5, 0.6) is 11.5 Å². The van der Waals surface area contributed by atoms with Crippen molar-refractivity contribution in [2.24, 2.45) is 0 Å². The molecule has 5 rings (SSSR count). The molecule has 0 spiro atoms. The topological polar surface area (TPSA) is 77.8 Å². The molecule has 0 saturated heterocycles. The lowest BCUT2D eigenvalue weighted by Crippen LogP contribution is -2.13. The molecule has 138 valence electrons. The summed E-state index contributed by atoms with van der Waals surface area (Å²) in [5, 5.41) is 6.67. The van der Waals surface area contributed by atoms with Crippen molar-refractivity contribution < 1.29 is 23.0 Å². The lowest BCUT2D eigenvalue weighted by molar-refractivity contribution is 0.102. The van der Waals surface area contributed by atoms with Gasteiger partial charge in [-0.2, -0.15) is 5.10 Å². The lowest BCUT2D eigenvalue weighted by Gasteiger charge is -2.08. The van der Waals surface area contributed by atoms with Crippen molar-refractivity contribution in [1.29, 1.82) is 0 Å². The molecule has 0 radical (unpaired) electrons. The molecule has 1 N–H and O–H groups in total. The molecule has 0 bridgehead atoms. The summed E-state index contributed by atoms with van der Waals surface area (Å²) in [4.78, 5) is 17.1. The van der Waals surface area contributed by atoms with Gasteiger partial charge in [-0.05, 0) is 31.0 Å². The third-order valence-electron chi connectivity index (χ3n) is 4.61. The van der Waals surface area contributed by atoms with Gasteiger partial charge in [0.2, 0.25) is 6.79 Å². The fourth-order valence-electron chi connectivity index (χ4n) is 3.08. The van der Waals surface area contributed by atoms with E-state index in [4.69, 9.17) is 9.47 Å². The van der Waals surface area contributed by atoms with Gasteiger partial charge in [0.05, 0.1) is 6.20 Å². The molecule has 1 saturated carbocycles. The zero-order valence-corrected chi connectivity index (χ0v) is 14.0. The van der Waals surface area contributed by atoms with Crippen LogP contribution in [0.2, 0.25) is 0 Å². The van der Waals surface area contributed by atoms with Crippen molar-refractivity contribution in [3.63, 3.8) is 0 Å². The number of halogens is 2. The number of anilines is 1. The molecule has 1 aliphatic carbocycles. The molecule has 7 nitrogen and oxygen atoms in total. The number of hydrogen-bond donors (Lipinski definition) is 1. The molecule has 1 amide bonds. The van der Waals surface area contributed by atoms with Crippen molar-refractivity contribution in [2.75, 3.05) is 12.1 Å². The molecule has 0 unspecified atom stereocenters. The zero-order chi connectivity index (χ0) is 18.5. The second-order valence-electron chi connectivity index (χ2n) is 6.50. The van der Waals surface area contributed by atoms with Gasteiger partial charge in [0.25, 0.3) is 12.3 Å². The second-order valence-corrected chi connectivity index (χ2v) is 6.50. The molecular formula is C18H14F2N4O3. The third-order valence-corrected chi connectivity index (χ3v) is 4.61. The van der Waals surface area contributed by atoms with Gasteiger partial charge >= 0.3 is 0 Å². The van der Waals surface area contributed by atoms with Crippen molar-refractivity contribution in [3.8, 4) is 11.5 Å². The summed E-state index contributed by atoms with van der Waals surface area (Å²) in [5.74, 6) is 0.819. The number of carbonyl (C=O) groups is 1. The molecule has 2 aromatic heterocycles. The summed E-state index contributed by atoms with van der Waals surface area (Å²) in [5.41, 5.74) is 1.08. The third kappa shape index (κ3) is 2.75. The molecule has 1 fully saturated rings. The highest BCUT2D eigenvalue weighted by Gasteiger charge is 2.29. The molecule has 0 atom stereocenters. The molecule has 9 heteroatoms.